The van der Waals surface area contributed by atoms with Crippen molar-refractivity contribution in [3.63, 3.8) is 0 Å². The number of carbonyl (C=O) groups excluding carboxylic acids is 2. The summed E-state index contributed by atoms with van der Waals surface area (Å²) in [7, 11) is 1.37. The number of primary amides is 1. The maximum atomic E-state index is 12.0. The van der Waals surface area contributed by atoms with E-state index in [1.165, 1.54) is 32.2 Å². The third kappa shape index (κ3) is 6.73. The molecule has 0 saturated heterocycles. The van der Waals surface area contributed by atoms with Crippen molar-refractivity contribution in [1.29, 1.82) is 0 Å². The van der Waals surface area contributed by atoms with E-state index >= 15 is 0 Å². The second-order valence-electron chi connectivity index (χ2n) is 4.91. The largest absolute Gasteiger partial charge is 0.495 e. The van der Waals surface area contributed by atoms with Gasteiger partial charge in [-0.15, -0.1) is 0 Å². The minimum absolute atomic E-state index is 0.160. The monoisotopic (exact) mass is 349 g/mol. The molecule has 10 heteroatoms. The van der Waals surface area contributed by atoms with Gasteiger partial charge in [-0.1, -0.05) is 0 Å². The van der Waals surface area contributed by atoms with Crippen molar-refractivity contribution in [3.8, 4) is 5.75 Å². The van der Waals surface area contributed by atoms with E-state index in [1.54, 1.807) is 0 Å². The van der Waals surface area contributed by atoms with Gasteiger partial charge < -0.3 is 25.8 Å². The maximum absolute atomic E-state index is 12.0. The summed E-state index contributed by atoms with van der Waals surface area (Å²) in [6.45, 7) is -0.229. The zero-order valence-electron chi connectivity index (χ0n) is 13.1. The molecule has 0 aromatic heterocycles. The third-order valence-electron chi connectivity index (χ3n) is 2.74. The summed E-state index contributed by atoms with van der Waals surface area (Å²) in [4.78, 5) is 23.0. The summed E-state index contributed by atoms with van der Waals surface area (Å²) < 4.78 is 45.4. The summed E-state index contributed by atoms with van der Waals surface area (Å²) in [6, 6.07) is 2.84. The molecule has 0 saturated carbocycles. The van der Waals surface area contributed by atoms with E-state index in [9.17, 15) is 22.8 Å². The predicted octanol–water partition coefficient (Wildman–Crippen LogP) is 1.88. The van der Waals surface area contributed by atoms with Gasteiger partial charge in [0, 0.05) is 5.56 Å². The van der Waals surface area contributed by atoms with E-state index in [1.807, 2.05) is 0 Å². The van der Waals surface area contributed by atoms with Crippen molar-refractivity contribution in [2.75, 3.05) is 25.6 Å². The molecule has 0 bridgehead atoms. The lowest BCUT2D eigenvalue weighted by molar-refractivity contribution is -0.174. The molecule has 4 N–H and O–H groups in total. The molecule has 0 heterocycles. The highest BCUT2D eigenvalue weighted by Crippen LogP contribution is 2.25. The van der Waals surface area contributed by atoms with Crippen molar-refractivity contribution < 1.29 is 32.2 Å². The molecule has 1 atom stereocenters. The van der Waals surface area contributed by atoms with E-state index in [2.05, 4.69) is 15.4 Å². The van der Waals surface area contributed by atoms with Crippen LogP contribution in [0.1, 0.15) is 17.3 Å². The molecule has 1 aromatic rings. The fraction of sp³-hybridized carbons (Fsp3) is 0.429. The highest BCUT2D eigenvalue weighted by molar-refractivity contribution is 5.97. The molecule has 1 rings (SSSR count). The molecular formula is C14H18F3N3O4. The fourth-order valence-electron chi connectivity index (χ4n) is 1.73. The van der Waals surface area contributed by atoms with Gasteiger partial charge in [-0.25, -0.2) is 4.79 Å². The molecule has 0 radical (unpaired) electrons. The Hall–Kier alpha value is -2.49. The molecule has 0 fully saturated rings. The number of anilines is 1. The summed E-state index contributed by atoms with van der Waals surface area (Å²) in [5, 5.41) is 4.83. The van der Waals surface area contributed by atoms with Gasteiger partial charge in [0.15, 0.2) is 0 Å². The molecule has 0 spiro atoms. The number of benzene rings is 1. The van der Waals surface area contributed by atoms with E-state index in [0.717, 1.165) is 0 Å². The van der Waals surface area contributed by atoms with Crippen molar-refractivity contribution in [1.82, 2.24) is 5.32 Å². The van der Waals surface area contributed by atoms with Crippen LogP contribution in [-0.2, 0) is 4.74 Å². The van der Waals surface area contributed by atoms with Crippen LogP contribution in [0.3, 0.4) is 0 Å². The number of nitrogens with two attached hydrogens (primary N) is 1. The van der Waals surface area contributed by atoms with Crippen LogP contribution in [0.4, 0.5) is 23.7 Å². The summed E-state index contributed by atoms with van der Waals surface area (Å²) in [5.74, 6) is -0.397. The molecule has 3 amide bonds. The van der Waals surface area contributed by atoms with Gasteiger partial charge in [-0.05, 0) is 25.1 Å². The molecular weight excluding hydrogens is 331 g/mol. The maximum Gasteiger partial charge on any atom is 0.411 e. The Kier molecular flexibility index (Phi) is 6.83. The van der Waals surface area contributed by atoms with Crippen molar-refractivity contribution >= 4 is 17.6 Å². The standard InChI is InChI=1S/C14H18F3N3O4/c1-8(6-24-7-14(15,16)17)19-13(22)20-10-5-9(12(18)21)3-4-11(10)23-2/h3-5,8H,6-7H2,1-2H3,(H2,18,21)(H2,19,20,22)/t8-/m0/s1. The number of hydrogen-bond donors (Lipinski definition) is 3. The molecule has 134 valence electrons. The first kappa shape index (κ1) is 19.6. The first-order chi connectivity index (χ1) is 11.1. The quantitative estimate of drug-likeness (QED) is 0.699. The minimum atomic E-state index is -4.43. The number of urea groups is 1. The first-order valence-electron chi connectivity index (χ1n) is 6.82. The summed E-state index contributed by atoms with van der Waals surface area (Å²) in [5.41, 5.74) is 5.51. The fourth-order valence-corrected chi connectivity index (χ4v) is 1.73. The Balaban J connectivity index is 2.61. The zero-order chi connectivity index (χ0) is 18.3. The number of methoxy groups -OCH3 is 1. The lowest BCUT2D eigenvalue weighted by atomic mass is 10.2. The molecule has 1 aromatic carbocycles. The lowest BCUT2D eigenvalue weighted by Crippen LogP contribution is -2.39. The number of ether oxygens (including phenoxy) is 2. The van der Waals surface area contributed by atoms with E-state index < -0.39 is 30.8 Å². The number of nitrogens with one attached hydrogen (secondary N) is 2. The van der Waals surface area contributed by atoms with Crippen LogP contribution in [0.25, 0.3) is 0 Å². The summed E-state index contributed by atoms with van der Waals surface area (Å²) in [6.07, 6.45) is -4.43. The Morgan fingerprint density at radius 2 is 2.00 bits per heavy atom. The topological polar surface area (TPSA) is 103 Å². The molecule has 7 nitrogen and oxygen atoms in total. The van der Waals surface area contributed by atoms with E-state index in [0.29, 0.717) is 0 Å². The number of hydrogen-bond acceptors (Lipinski definition) is 4. The molecule has 0 aliphatic heterocycles. The zero-order valence-corrected chi connectivity index (χ0v) is 13.1. The number of amides is 3. The van der Waals surface area contributed by atoms with Crippen LogP contribution in [0.5, 0.6) is 5.75 Å². The molecule has 0 unspecified atom stereocenters. The Labute approximate surface area is 136 Å². The third-order valence-corrected chi connectivity index (χ3v) is 2.74. The van der Waals surface area contributed by atoms with Gasteiger partial charge in [0.2, 0.25) is 5.91 Å². The predicted molar refractivity (Wildman–Crippen MR) is 80.0 cm³/mol. The van der Waals surface area contributed by atoms with Crippen LogP contribution < -0.4 is 21.1 Å². The van der Waals surface area contributed by atoms with Gasteiger partial charge in [0.1, 0.15) is 12.4 Å². The van der Waals surface area contributed by atoms with Gasteiger partial charge >= 0.3 is 12.2 Å². The second-order valence-corrected chi connectivity index (χ2v) is 4.91. The molecule has 0 aliphatic carbocycles. The highest BCUT2D eigenvalue weighted by atomic mass is 19.4. The summed E-state index contributed by atoms with van der Waals surface area (Å²) >= 11 is 0. The molecule has 24 heavy (non-hydrogen) atoms. The highest BCUT2D eigenvalue weighted by Gasteiger charge is 2.27. The van der Waals surface area contributed by atoms with Gasteiger partial charge in [-0.2, -0.15) is 13.2 Å². The molecule has 0 aliphatic rings. The Morgan fingerprint density at radius 1 is 1.33 bits per heavy atom. The van der Waals surface area contributed by atoms with Crippen LogP contribution in [0.2, 0.25) is 0 Å². The first-order valence-corrected chi connectivity index (χ1v) is 6.82. The number of carbonyl (C=O) groups is 2. The van der Waals surface area contributed by atoms with E-state index in [-0.39, 0.29) is 23.6 Å². The average molecular weight is 349 g/mol. The smallest absolute Gasteiger partial charge is 0.411 e. The Morgan fingerprint density at radius 3 is 2.54 bits per heavy atom. The SMILES string of the molecule is COc1ccc(C(N)=O)cc1NC(=O)N[C@@H](C)COCC(F)(F)F. The average Bonchev–Trinajstić information content (AvgIpc) is 2.45. The van der Waals surface area contributed by atoms with Crippen molar-refractivity contribution in [2.24, 2.45) is 5.73 Å². The van der Waals surface area contributed by atoms with Gasteiger partial charge in [-0.3, -0.25) is 4.79 Å². The van der Waals surface area contributed by atoms with Crippen molar-refractivity contribution in [2.45, 2.75) is 19.1 Å². The van der Waals surface area contributed by atoms with Crippen LogP contribution in [0.15, 0.2) is 18.2 Å². The Bertz CT molecular complexity index is 593. The number of halogens is 3. The minimum Gasteiger partial charge on any atom is -0.495 e. The van der Waals surface area contributed by atoms with Gasteiger partial charge in [0.25, 0.3) is 0 Å². The van der Waals surface area contributed by atoms with Crippen molar-refractivity contribution in [3.05, 3.63) is 23.8 Å². The normalized spacial score (nSPS) is 12.4. The second kappa shape index (κ2) is 8.39. The van der Waals surface area contributed by atoms with Gasteiger partial charge in [0.05, 0.1) is 25.4 Å². The van der Waals surface area contributed by atoms with Crippen LogP contribution in [-0.4, -0.2) is 44.5 Å². The van der Waals surface area contributed by atoms with Crippen LogP contribution >= 0.6 is 0 Å². The number of rotatable bonds is 7. The van der Waals surface area contributed by atoms with E-state index in [4.69, 9.17) is 10.5 Å². The van der Waals surface area contributed by atoms with Crippen LogP contribution in [0, 0.1) is 0 Å². The lowest BCUT2D eigenvalue weighted by Gasteiger charge is -2.17. The number of alkyl halides is 3.